The largest absolute Gasteiger partial charge is 0.351 e. The second-order valence-corrected chi connectivity index (χ2v) is 8.62. The first kappa shape index (κ1) is 20.2. The monoisotopic (exact) mass is 415 g/mol. The number of carbonyl (C=O) groups excluding carboxylic acids is 2. The third-order valence-electron chi connectivity index (χ3n) is 4.03. The lowest BCUT2D eigenvalue weighted by molar-refractivity contribution is -0.119. The van der Waals surface area contributed by atoms with Gasteiger partial charge >= 0.3 is 0 Å². The van der Waals surface area contributed by atoms with Crippen LogP contribution in [0, 0.1) is 0 Å². The normalized spacial score (nSPS) is 11.0. The summed E-state index contributed by atoms with van der Waals surface area (Å²) in [6.07, 6.45) is 0. The van der Waals surface area contributed by atoms with E-state index >= 15 is 0 Å². The SMILES string of the molecule is CC(=O)NCc1ccc(C(=O)CSc2nnnn2-c2ccc(C(C)C)cc2)s1. The van der Waals surface area contributed by atoms with Crippen molar-refractivity contribution in [1.29, 1.82) is 0 Å². The van der Waals surface area contributed by atoms with E-state index in [2.05, 4.69) is 46.8 Å². The third-order valence-corrected chi connectivity index (χ3v) is 6.07. The van der Waals surface area contributed by atoms with Gasteiger partial charge in [0.15, 0.2) is 5.78 Å². The maximum Gasteiger partial charge on any atom is 0.217 e. The molecule has 28 heavy (non-hydrogen) atoms. The van der Waals surface area contributed by atoms with Gasteiger partial charge in [0.05, 0.1) is 22.9 Å². The Bertz CT molecular complexity index is 963. The lowest BCUT2D eigenvalue weighted by Crippen LogP contribution is -2.18. The number of ketones is 1. The maximum atomic E-state index is 12.5. The number of thiophene rings is 1. The highest BCUT2D eigenvalue weighted by Gasteiger charge is 2.15. The van der Waals surface area contributed by atoms with Gasteiger partial charge in [0.2, 0.25) is 11.1 Å². The molecule has 0 aliphatic rings. The zero-order valence-electron chi connectivity index (χ0n) is 15.9. The fraction of sp³-hybridized carbons (Fsp3) is 0.316. The van der Waals surface area contributed by atoms with E-state index in [0.29, 0.717) is 22.5 Å². The average Bonchev–Trinajstić information content (AvgIpc) is 3.34. The van der Waals surface area contributed by atoms with Gasteiger partial charge in [-0.05, 0) is 46.2 Å². The zero-order valence-corrected chi connectivity index (χ0v) is 17.5. The van der Waals surface area contributed by atoms with E-state index in [4.69, 9.17) is 0 Å². The number of rotatable bonds is 8. The van der Waals surface area contributed by atoms with E-state index in [0.717, 1.165) is 10.6 Å². The van der Waals surface area contributed by atoms with E-state index < -0.39 is 0 Å². The number of hydrogen-bond donors (Lipinski definition) is 1. The van der Waals surface area contributed by atoms with Crippen LogP contribution in [0.4, 0.5) is 0 Å². The molecular weight excluding hydrogens is 394 g/mol. The van der Waals surface area contributed by atoms with E-state index in [1.54, 1.807) is 10.7 Å². The topological polar surface area (TPSA) is 89.8 Å². The summed E-state index contributed by atoms with van der Waals surface area (Å²) < 4.78 is 1.64. The second-order valence-electron chi connectivity index (χ2n) is 6.51. The molecule has 9 heteroatoms. The molecule has 0 radical (unpaired) electrons. The van der Waals surface area contributed by atoms with Crippen molar-refractivity contribution in [1.82, 2.24) is 25.5 Å². The Hall–Kier alpha value is -2.52. The third kappa shape index (κ3) is 5.05. The molecule has 0 aliphatic heterocycles. The Morgan fingerprint density at radius 1 is 1.18 bits per heavy atom. The molecule has 0 fully saturated rings. The van der Waals surface area contributed by atoms with Gasteiger partial charge in [-0.15, -0.1) is 16.4 Å². The van der Waals surface area contributed by atoms with Gasteiger partial charge in [0.1, 0.15) is 0 Å². The highest BCUT2D eigenvalue weighted by molar-refractivity contribution is 7.99. The van der Waals surface area contributed by atoms with Crippen molar-refractivity contribution in [2.45, 2.75) is 38.4 Å². The molecule has 2 heterocycles. The Balaban J connectivity index is 1.63. The molecule has 3 rings (SSSR count). The first-order chi connectivity index (χ1) is 13.4. The van der Waals surface area contributed by atoms with E-state index in [1.807, 2.05) is 18.2 Å². The van der Waals surface area contributed by atoms with E-state index in [1.165, 1.54) is 35.6 Å². The Labute approximate surface area is 171 Å². The molecule has 2 aromatic heterocycles. The van der Waals surface area contributed by atoms with Crippen molar-refractivity contribution in [2.24, 2.45) is 0 Å². The van der Waals surface area contributed by atoms with Gasteiger partial charge in [0.25, 0.3) is 0 Å². The maximum absolute atomic E-state index is 12.5. The van der Waals surface area contributed by atoms with Crippen LogP contribution in [0.15, 0.2) is 41.6 Å². The summed E-state index contributed by atoms with van der Waals surface area (Å²) in [5.74, 6) is 0.611. The van der Waals surface area contributed by atoms with Crippen molar-refractivity contribution in [2.75, 3.05) is 5.75 Å². The molecule has 1 aromatic carbocycles. The lowest BCUT2D eigenvalue weighted by atomic mass is 10.0. The highest BCUT2D eigenvalue weighted by Crippen LogP contribution is 2.23. The molecule has 0 bridgehead atoms. The van der Waals surface area contributed by atoms with E-state index in [9.17, 15) is 9.59 Å². The fourth-order valence-corrected chi connectivity index (χ4v) is 4.22. The van der Waals surface area contributed by atoms with Gasteiger partial charge in [-0.1, -0.05) is 37.7 Å². The van der Waals surface area contributed by atoms with Crippen molar-refractivity contribution in [3.63, 3.8) is 0 Å². The summed E-state index contributed by atoms with van der Waals surface area (Å²) in [4.78, 5) is 25.1. The lowest BCUT2D eigenvalue weighted by Gasteiger charge is -2.07. The number of nitrogens with zero attached hydrogens (tertiary/aromatic N) is 4. The molecular formula is C19H21N5O2S2. The molecule has 0 spiro atoms. The van der Waals surface area contributed by atoms with Crippen LogP contribution < -0.4 is 5.32 Å². The summed E-state index contributed by atoms with van der Waals surface area (Å²) in [6, 6.07) is 11.7. The Morgan fingerprint density at radius 3 is 2.61 bits per heavy atom. The summed E-state index contributed by atoms with van der Waals surface area (Å²) in [6.45, 7) is 6.19. The van der Waals surface area contributed by atoms with Crippen molar-refractivity contribution in [3.05, 3.63) is 51.7 Å². The summed E-state index contributed by atoms with van der Waals surface area (Å²) in [5, 5.41) is 15.1. The molecule has 0 unspecified atom stereocenters. The van der Waals surface area contributed by atoms with Crippen LogP contribution in [0.5, 0.6) is 0 Å². The standard InChI is InChI=1S/C19H21N5O2S2/c1-12(2)14-4-6-15(7-5-14)24-19(21-22-23-24)27-11-17(26)18-9-8-16(28-18)10-20-13(3)25/h4-9,12H,10-11H2,1-3H3,(H,20,25). The van der Waals surface area contributed by atoms with Crippen molar-refractivity contribution >= 4 is 34.8 Å². The number of tetrazole rings is 1. The number of carbonyl (C=O) groups is 2. The van der Waals surface area contributed by atoms with Gasteiger partial charge in [-0.25, -0.2) is 0 Å². The molecule has 0 aliphatic carbocycles. The predicted octanol–water partition coefficient (Wildman–Crippen LogP) is 3.46. The number of hydrogen-bond acceptors (Lipinski definition) is 7. The number of thioether (sulfide) groups is 1. The predicted molar refractivity (Wildman–Crippen MR) is 110 cm³/mol. The molecule has 7 nitrogen and oxygen atoms in total. The zero-order chi connectivity index (χ0) is 20.1. The number of aromatic nitrogens is 4. The summed E-state index contributed by atoms with van der Waals surface area (Å²) in [7, 11) is 0. The van der Waals surface area contributed by atoms with Gasteiger partial charge in [-0.3, -0.25) is 9.59 Å². The fourth-order valence-electron chi connectivity index (χ4n) is 2.47. The molecule has 1 amide bonds. The van der Waals surface area contributed by atoms with Crippen LogP contribution in [-0.4, -0.2) is 37.7 Å². The quantitative estimate of drug-likeness (QED) is 0.448. The van der Waals surface area contributed by atoms with E-state index in [-0.39, 0.29) is 17.4 Å². The summed E-state index contributed by atoms with van der Waals surface area (Å²) >= 11 is 2.69. The van der Waals surface area contributed by atoms with Crippen LogP contribution in [0.2, 0.25) is 0 Å². The number of benzene rings is 1. The molecule has 0 saturated heterocycles. The molecule has 0 saturated carbocycles. The molecule has 146 valence electrons. The first-order valence-electron chi connectivity index (χ1n) is 8.82. The van der Waals surface area contributed by atoms with Crippen LogP contribution in [0.25, 0.3) is 5.69 Å². The van der Waals surface area contributed by atoms with Crippen LogP contribution >= 0.6 is 23.1 Å². The van der Waals surface area contributed by atoms with Gasteiger partial charge < -0.3 is 5.32 Å². The Kier molecular flexibility index (Phi) is 6.58. The Morgan fingerprint density at radius 2 is 1.93 bits per heavy atom. The highest BCUT2D eigenvalue weighted by atomic mass is 32.2. The summed E-state index contributed by atoms with van der Waals surface area (Å²) in [5.41, 5.74) is 2.10. The first-order valence-corrected chi connectivity index (χ1v) is 10.6. The van der Waals surface area contributed by atoms with Gasteiger partial charge in [-0.2, -0.15) is 4.68 Å². The minimum absolute atomic E-state index is 0.00813. The number of amides is 1. The van der Waals surface area contributed by atoms with Gasteiger partial charge in [0, 0.05) is 11.8 Å². The number of Topliss-reactive ketones (excluding diaryl/α,β-unsaturated/α-hetero) is 1. The molecule has 1 N–H and O–H groups in total. The second kappa shape index (κ2) is 9.11. The minimum Gasteiger partial charge on any atom is -0.351 e. The smallest absolute Gasteiger partial charge is 0.217 e. The number of nitrogens with one attached hydrogen (secondary N) is 1. The average molecular weight is 416 g/mol. The minimum atomic E-state index is -0.0925. The van der Waals surface area contributed by atoms with Crippen LogP contribution in [-0.2, 0) is 11.3 Å². The van der Waals surface area contributed by atoms with Crippen molar-refractivity contribution < 1.29 is 9.59 Å². The van der Waals surface area contributed by atoms with Crippen LogP contribution in [0.1, 0.15) is 46.8 Å². The van der Waals surface area contributed by atoms with Crippen molar-refractivity contribution in [3.8, 4) is 5.69 Å². The molecule has 0 atom stereocenters. The van der Waals surface area contributed by atoms with Crippen LogP contribution in [0.3, 0.4) is 0 Å². The molecule has 3 aromatic rings.